The van der Waals surface area contributed by atoms with Crippen molar-refractivity contribution in [3.8, 4) is 11.5 Å². The average molecular weight is 307 g/mol. The first kappa shape index (κ1) is 14.6. The van der Waals surface area contributed by atoms with Crippen molar-refractivity contribution in [2.45, 2.75) is 19.4 Å². The molecule has 7 heteroatoms. The van der Waals surface area contributed by atoms with E-state index in [1.807, 2.05) is 0 Å². The molecule has 1 aliphatic heterocycles. The van der Waals surface area contributed by atoms with Crippen LogP contribution in [0, 0.1) is 11.6 Å². The molecule has 5 nitrogen and oxygen atoms in total. The average Bonchev–Trinajstić information content (AvgIpc) is 2.89. The molecule has 1 aliphatic rings. The SMILES string of the molecule is NCCC(=O)N1CCc2oc(-c3cc(F)cc(F)c3)nc2C1. The fourth-order valence-corrected chi connectivity index (χ4v) is 2.49. The number of nitrogens with two attached hydrogens (primary N) is 1. The minimum absolute atomic E-state index is 0.0329. The Kier molecular flexibility index (Phi) is 3.89. The van der Waals surface area contributed by atoms with Crippen molar-refractivity contribution in [3.05, 3.63) is 41.3 Å². The first-order valence-electron chi connectivity index (χ1n) is 6.99. The Bertz CT molecular complexity index is 695. The van der Waals surface area contributed by atoms with Gasteiger partial charge in [-0.1, -0.05) is 0 Å². The molecule has 3 rings (SSSR count). The van der Waals surface area contributed by atoms with Gasteiger partial charge in [-0.2, -0.15) is 0 Å². The number of carbonyl (C=O) groups excluding carboxylic acids is 1. The third-order valence-corrected chi connectivity index (χ3v) is 3.55. The maximum atomic E-state index is 13.3. The van der Waals surface area contributed by atoms with Crippen LogP contribution in [0.15, 0.2) is 22.6 Å². The number of hydrogen-bond acceptors (Lipinski definition) is 4. The molecule has 2 N–H and O–H groups in total. The summed E-state index contributed by atoms with van der Waals surface area (Å²) in [6.07, 6.45) is 0.811. The van der Waals surface area contributed by atoms with Crippen molar-refractivity contribution < 1.29 is 18.0 Å². The summed E-state index contributed by atoms with van der Waals surface area (Å²) < 4.78 is 32.1. The summed E-state index contributed by atoms with van der Waals surface area (Å²) in [5.74, 6) is -0.598. The van der Waals surface area contributed by atoms with E-state index in [0.29, 0.717) is 37.5 Å². The normalized spacial score (nSPS) is 14.0. The Morgan fingerprint density at radius 1 is 1.32 bits per heavy atom. The van der Waals surface area contributed by atoms with Gasteiger partial charge in [0.05, 0.1) is 6.54 Å². The summed E-state index contributed by atoms with van der Waals surface area (Å²) in [5, 5.41) is 0. The Morgan fingerprint density at radius 2 is 2.05 bits per heavy atom. The summed E-state index contributed by atoms with van der Waals surface area (Å²) in [5.41, 5.74) is 6.25. The molecule has 0 aliphatic carbocycles. The summed E-state index contributed by atoms with van der Waals surface area (Å²) in [6, 6.07) is 3.12. The van der Waals surface area contributed by atoms with Crippen LogP contribution in [-0.4, -0.2) is 28.9 Å². The summed E-state index contributed by atoms with van der Waals surface area (Å²) in [6.45, 7) is 1.16. The highest BCUT2D eigenvalue weighted by atomic mass is 19.1. The van der Waals surface area contributed by atoms with Gasteiger partial charge in [0, 0.05) is 37.6 Å². The largest absolute Gasteiger partial charge is 0.441 e. The van der Waals surface area contributed by atoms with Gasteiger partial charge < -0.3 is 15.1 Å². The molecule has 0 bridgehead atoms. The van der Waals surface area contributed by atoms with Gasteiger partial charge in [-0.05, 0) is 12.1 Å². The first-order valence-corrected chi connectivity index (χ1v) is 6.99. The second-order valence-electron chi connectivity index (χ2n) is 5.15. The van der Waals surface area contributed by atoms with E-state index in [9.17, 15) is 13.6 Å². The van der Waals surface area contributed by atoms with E-state index in [2.05, 4.69) is 4.98 Å². The van der Waals surface area contributed by atoms with Crippen LogP contribution in [-0.2, 0) is 17.8 Å². The monoisotopic (exact) mass is 307 g/mol. The molecule has 0 saturated heterocycles. The molecule has 1 aromatic heterocycles. The van der Waals surface area contributed by atoms with Crippen LogP contribution in [0.4, 0.5) is 8.78 Å². The first-order chi connectivity index (χ1) is 10.6. The van der Waals surface area contributed by atoms with Gasteiger partial charge in [-0.15, -0.1) is 0 Å². The van der Waals surface area contributed by atoms with Gasteiger partial charge in [0.2, 0.25) is 11.8 Å². The lowest BCUT2D eigenvalue weighted by Gasteiger charge is -2.25. The molecule has 116 valence electrons. The minimum atomic E-state index is -0.689. The summed E-state index contributed by atoms with van der Waals surface area (Å²) >= 11 is 0. The zero-order chi connectivity index (χ0) is 15.7. The molecule has 0 unspecified atom stereocenters. The van der Waals surface area contributed by atoms with Crippen LogP contribution in [0.2, 0.25) is 0 Å². The smallest absolute Gasteiger partial charge is 0.226 e. The predicted molar refractivity (Wildman–Crippen MR) is 74.6 cm³/mol. The lowest BCUT2D eigenvalue weighted by molar-refractivity contribution is -0.132. The van der Waals surface area contributed by atoms with Crippen LogP contribution in [0.25, 0.3) is 11.5 Å². The zero-order valence-corrected chi connectivity index (χ0v) is 11.8. The Labute approximate surface area is 125 Å². The molecule has 0 saturated carbocycles. The highest BCUT2D eigenvalue weighted by molar-refractivity contribution is 5.76. The van der Waals surface area contributed by atoms with Crippen LogP contribution in [0.1, 0.15) is 17.9 Å². The zero-order valence-electron chi connectivity index (χ0n) is 11.8. The van der Waals surface area contributed by atoms with E-state index in [-0.39, 0.29) is 23.8 Å². The van der Waals surface area contributed by atoms with E-state index < -0.39 is 11.6 Å². The molecule has 1 amide bonds. The number of carbonyl (C=O) groups is 1. The third kappa shape index (κ3) is 2.85. The molecule has 0 fully saturated rings. The van der Waals surface area contributed by atoms with Crippen molar-refractivity contribution in [3.63, 3.8) is 0 Å². The Hall–Kier alpha value is -2.28. The van der Waals surface area contributed by atoms with Gasteiger partial charge in [-0.3, -0.25) is 4.79 Å². The Morgan fingerprint density at radius 3 is 2.73 bits per heavy atom. The van der Waals surface area contributed by atoms with Crippen LogP contribution in [0.5, 0.6) is 0 Å². The lowest BCUT2D eigenvalue weighted by Crippen LogP contribution is -2.36. The van der Waals surface area contributed by atoms with Gasteiger partial charge in [0.25, 0.3) is 0 Å². The molecule has 0 spiro atoms. The highest BCUT2D eigenvalue weighted by Crippen LogP contribution is 2.27. The number of oxazole rings is 1. The molecule has 1 aromatic carbocycles. The van der Waals surface area contributed by atoms with Gasteiger partial charge in [-0.25, -0.2) is 13.8 Å². The Balaban J connectivity index is 1.86. The molecule has 2 aromatic rings. The van der Waals surface area contributed by atoms with Gasteiger partial charge in [0.15, 0.2) is 0 Å². The van der Waals surface area contributed by atoms with Crippen LogP contribution < -0.4 is 5.73 Å². The molecule has 0 atom stereocenters. The summed E-state index contributed by atoms with van der Waals surface area (Å²) in [7, 11) is 0. The quantitative estimate of drug-likeness (QED) is 0.939. The van der Waals surface area contributed by atoms with E-state index >= 15 is 0 Å². The topological polar surface area (TPSA) is 72.4 Å². The fourth-order valence-electron chi connectivity index (χ4n) is 2.49. The van der Waals surface area contributed by atoms with E-state index in [1.54, 1.807) is 4.90 Å². The number of benzene rings is 1. The van der Waals surface area contributed by atoms with Gasteiger partial charge in [0.1, 0.15) is 23.1 Å². The van der Waals surface area contributed by atoms with Crippen molar-refractivity contribution >= 4 is 5.91 Å². The molecule has 2 heterocycles. The van der Waals surface area contributed by atoms with Crippen molar-refractivity contribution in [1.82, 2.24) is 9.88 Å². The maximum Gasteiger partial charge on any atom is 0.226 e. The van der Waals surface area contributed by atoms with Crippen molar-refractivity contribution in [1.29, 1.82) is 0 Å². The highest BCUT2D eigenvalue weighted by Gasteiger charge is 2.25. The number of nitrogens with zero attached hydrogens (tertiary/aromatic N) is 2. The number of amides is 1. The van der Waals surface area contributed by atoms with E-state index in [0.717, 1.165) is 18.2 Å². The number of fused-ring (bicyclic) bond motifs is 1. The lowest BCUT2D eigenvalue weighted by atomic mass is 10.1. The number of rotatable bonds is 3. The van der Waals surface area contributed by atoms with Gasteiger partial charge >= 0.3 is 0 Å². The number of aromatic nitrogens is 1. The molecule has 22 heavy (non-hydrogen) atoms. The fraction of sp³-hybridized carbons (Fsp3) is 0.333. The standard InChI is InChI=1S/C15H15F2N3O2/c16-10-5-9(6-11(17)7-10)15-19-12-8-20(14(21)1-3-18)4-2-13(12)22-15/h5-7H,1-4,8,18H2. The second kappa shape index (κ2) is 5.84. The molecular formula is C15H15F2N3O2. The predicted octanol–water partition coefficient (Wildman–Crippen LogP) is 1.85. The number of hydrogen-bond donors (Lipinski definition) is 1. The molecule has 0 radical (unpaired) electrons. The van der Waals surface area contributed by atoms with Crippen LogP contribution >= 0.6 is 0 Å². The van der Waals surface area contributed by atoms with E-state index in [1.165, 1.54) is 0 Å². The number of halogens is 2. The van der Waals surface area contributed by atoms with Crippen molar-refractivity contribution in [2.75, 3.05) is 13.1 Å². The maximum absolute atomic E-state index is 13.3. The second-order valence-corrected chi connectivity index (χ2v) is 5.15. The van der Waals surface area contributed by atoms with E-state index in [4.69, 9.17) is 10.2 Å². The third-order valence-electron chi connectivity index (χ3n) is 3.55. The minimum Gasteiger partial charge on any atom is -0.441 e. The van der Waals surface area contributed by atoms with Crippen molar-refractivity contribution in [2.24, 2.45) is 5.73 Å². The summed E-state index contributed by atoms with van der Waals surface area (Å²) in [4.78, 5) is 17.8. The van der Waals surface area contributed by atoms with Crippen LogP contribution in [0.3, 0.4) is 0 Å². The molecular weight excluding hydrogens is 292 g/mol.